The molecule has 9 nitrogen and oxygen atoms in total. The number of hydrogen-bond donors (Lipinski definition) is 2. The van der Waals surface area contributed by atoms with Crippen LogP contribution >= 0.6 is 0 Å². The van der Waals surface area contributed by atoms with Crippen LogP contribution in [0, 0.1) is 10.1 Å². The van der Waals surface area contributed by atoms with Gasteiger partial charge in [-0.05, 0) is 12.1 Å². The number of nitro benzene ring substituents is 1. The highest BCUT2D eigenvalue weighted by Crippen LogP contribution is 2.22. The van der Waals surface area contributed by atoms with Crippen molar-refractivity contribution in [3.05, 3.63) is 74.7 Å². The summed E-state index contributed by atoms with van der Waals surface area (Å²) in [6.07, 6.45) is 0. The minimum Gasteiger partial charge on any atom is -0.378 e. The van der Waals surface area contributed by atoms with Gasteiger partial charge in [-0.1, -0.05) is 30.3 Å². The summed E-state index contributed by atoms with van der Waals surface area (Å²) in [5, 5.41) is 21.6. The number of carbonyl (C=O) groups excluding carboxylic acids is 1. The molecule has 0 fully saturated rings. The molecule has 0 spiro atoms. The molecule has 0 atom stereocenters. The highest BCUT2D eigenvalue weighted by Gasteiger charge is 2.15. The van der Waals surface area contributed by atoms with E-state index in [-0.39, 0.29) is 23.5 Å². The predicted molar refractivity (Wildman–Crippen MR) is 101 cm³/mol. The predicted octanol–water partition coefficient (Wildman–Crippen LogP) is 1.68. The van der Waals surface area contributed by atoms with Crippen molar-refractivity contribution in [1.82, 2.24) is 15.1 Å². The Balaban J connectivity index is 1.69. The summed E-state index contributed by atoms with van der Waals surface area (Å²) >= 11 is 0. The Morgan fingerprint density at radius 3 is 2.52 bits per heavy atom. The number of nitro groups is 1. The second-order valence-corrected chi connectivity index (χ2v) is 5.78. The maximum atomic E-state index is 12.5. The van der Waals surface area contributed by atoms with E-state index in [2.05, 4.69) is 15.7 Å². The van der Waals surface area contributed by atoms with E-state index < -0.39 is 10.8 Å². The Labute approximate surface area is 153 Å². The van der Waals surface area contributed by atoms with Gasteiger partial charge in [0.1, 0.15) is 5.69 Å². The molecule has 9 heteroatoms. The molecule has 0 aliphatic carbocycles. The molecule has 138 valence electrons. The third-order valence-electron chi connectivity index (χ3n) is 4.00. The van der Waals surface area contributed by atoms with E-state index in [1.165, 1.54) is 13.1 Å². The number of aryl methyl sites for hydroxylation is 1. The second-order valence-electron chi connectivity index (χ2n) is 5.78. The molecule has 0 aliphatic heterocycles. The van der Waals surface area contributed by atoms with Crippen LogP contribution in [0.3, 0.4) is 0 Å². The molecule has 2 aromatic carbocycles. The normalized spacial score (nSPS) is 10.6. The van der Waals surface area contributed by atoms with E-state index in [0.717, 1.165) is 4.68 Å². The number of aromatic nitrogens is 2. The van der Waals surface area contributed by atoms with E-state index in [4.69, 9.17) is 0 Å². The molecule has 27 heavy (non-hydrogen) atoms. The van der Waals surface area contributed by atoms with Crippen LogP contribution in [-0.2, 0) is 7.05 Å². The summed E-state index contributed by atoms with van der Waals surface area (Å²) < 4.78 is 1.13. The highest BCUT2D eigenvalue weighted by molar-refractivity contribution is 6.04. The lowest BCUT2D eigenvalue weighted by atomic mass is 10.1. The van der Waals surface area contributed by atoms with E-state index in [9.17, 15) is 19.7 Å². The van der Waals surface area contributed by atoms with Crippen molar-refractivity contribution < 1.29 is 9.72 Å². The van der Waals surface area contributed by atoms with Crippen molar-refractivity contribution in [2.24, 2.45) is 7.05 Å². The van der Waals surface area contributed by atoms with Gasteiger partial charge in [0.05, 0.1) is 10.3 Å². The molecule has 0 aliphatic rings. The van der Waals surface area contributed by atoms with Gasteiger partial charge in [0.15, 0.2) is 5.69 Å². The van der Waals surface area contributed by atoms with Crippen molar-refractivity contribution in [1.29, 1.82) is 0 Å². The molecule has 0 saturated heterocycles. The fourth-order valence-corrected chi connectivity index (χ4v) is 2.71. The quantitative estimate of drug-likeness (QED) is 0.389. The average molecular weight is 367 g/mol. The van der Waals surface area contributed by atoms with Crippen LogP contribution in [0.25, 0.3) is 10.8 Å². The second kappa shape index (κ2) is 7.65. The van der Waals surface area contributed by atoms with E-state index >= 15 is 0 Å². The van der Waals surface area contributed by atoms with E-state index in [1.807, 2.05) is 0 Å². The molecule has 1 amide bonds. The number of rotatable bonds is 6. The molecule has 1 aromatic heterocycles. The van der Waals surface area contributed by atoms with Crippen LogP contribution < -0.4 is 16.2 Å². The summed E-state index contributed by atoms with van der Waals surface area (Å²) in [5.41, 5.74) is 0.218. The number of hydrogen-bond acceptors (Lipinski definition) is 6. The zero-order valence-corrected chi connectivity index (χ0v) is 14.5. The highest BCUT2D eigenvalue weighted by atomic mass is 16.6. The van der Waals surface area contributed by atoms with Crippen molar-refractivity contribution >= 4 is 28.1 Å². The summed E-state index contributed by atoms with van der Waals surface area (Å²) in [6.45, 7) is 0.518. The number of benzene rings is 2. The molecule has 2 N–H and O–H groups in total. The molecule has 3 aromatic rings. The Hall–Kier alpha value is -3.75. The zero-order chi connectivity index (χ0) is 19.4. The first-order chi connectivity index (χ1) is 13.0. The van der Waals surface area contributed by atoms with Gasteiger partial charge in [-0.3, -0.25) is 19.7 Å². The number of amides is 1. The lowest BCUT2D eigenvalue weighted by Gasteiger charge is -2.10. The monoisotopic (exact) mass is 367 g/mol. The third-order valence-corrected chi connectivity index (χ3v) is 4.00. The van der Waals surface area contributed by atoms with Crippen LogP contribution in [-0.4, -0.2) is 33.7 Å². The van der Waals surface area contributed by atoms with Crippen LogP contribution in [0.1, 0.15) is 10.5 Å². The smallest absolute Gasteiger partial charge is 0.292 e. The average Bonchev–Trinajstić information content (AvgIpc) is 2.68. The maximum absolute atomic E-state index is 12.5. The van der Waals surface area contributed by atoms with Gasteiger partial charge >= 0.3 is 0 Å². The SMILES string of the molecule is Cn1nc(C(=O)NCCNc2ccccc2[N+](=O)[O-])c2ccccc2c1=O. The first-order valence-corrected chi connectivity index (χ1v) is 8.20. The fraction of sp³-hybridized carbons (Fsp3) is 0.167. The van der Waals surface area contributed by atoms with E-state index in [0.29, 0.717) is 23.0 Å². The van der Waals surface area contributed by atoms with Gasteiger partial charge in [0, 0.05) is 31.6 Å². The topological polar surface area (TPSA) is 119 Å². The molecule has 0 radical (unpaired) electrons. The number of nitrogens with one attached hydrogen (secondary N) is 2. The van der Waals surface area contributed by atoms with E-state index in [1.54, 1.807) is 42.5 Å². The summed E-state index contributed by atoms with van der Waals surface area (Å²) in [6, 6.07) is 13.0. The Morgan fingerprint density at radius 1 is 1.11 bits per heavy atom. The number of carbonyl (C=O) groups is 1. The van der Waals surface area contributed by atoms with Crippen LogP contribution in [0.15, 0.2) is 53.3 Å². The third kappa shape index (κ3) is 3.76. The maximum Gasteiger partial charge on any atom is 0.292 e. The molecular formula is C18H17N5O4. The molecule has 0 unspecified atom stereocenters. The number of fused-ring (bicyclic) bond motifs is 1. The van der Waals surface area contributed by atoms with Gasteiger partial charge in [0.2, 0.25) is 0 Å². The first-order valence-electron chi connectivity index (χ1n) is 8.20. The summed E-state index contributed by atoms with van der Waals surface area (Å²) in [7, 11) is 1.49. The Morgan fingerprint density at radius 2 is 1.78 bits per heavy atom. The van der Waals surface area contributed by atoms with Crippen LogP contribution in [0.4, 0.5) is 11.4 Å². The standard InChI is InChI=1S/C18H17N5O4/c1-22-18(25)13-7-3-2-6-12(13)16(21-22)17(24)20-11-10-19-14-8-4-5-9-15(14)23(26)27/h2-9,19H,10-11H2,1H3,(H,20,24). The number of anilines is 1. The van der Waals surface area contributed by atoms with Crippen molar-refractivity contribution in [3.8, 4) is 0 Å². The van der Waals surface area contributed by atoms with Crippen molar-refractivity contribution in [3.63, 3.8) is 0 Å². The summed E-state index contributed by atoms with van der Waals surface area (Å²) in [5.74, 6) is -0.425. The Bertz CT molecular complexity index is 1080. The molecule has 1 heterocycles. The zero-order valence-electron chi connectivity index (χ0n) is 14.5. The van der Waals surface area contributed by atoms with Gasteiger partial charge in [-0.15, -0.1) is 0 Å². The van der Waals surface area contributed by atoms with Crippen molar-refractivity contribution in [2.75, 3.05) is 18.4 Å². The molecular weight excluding hydrogens is 350 g/mol. The Kier molecular flexibility index (Phi) is 5.11. The summed E-state index contributed by atoms with van der Waals surface area (Å²) in [4.78, 5) is 35.1. The van der Waals surface area contributed by atoms with Gasteiger partial charge < -0.3 is 10.6 Å². The minimum absolute atomic E-state index is 0.0328. The molecule has 3 rings (SSSR count). The van der Waals surface area contributed by atoms with Crippen LogP contribution in [0.5, 0.6) is 0 Å². The lowest BCUT2D eigenvalue weighted by molar-refractivity contribution is -0.384. The molecule has 0 saturated carbocycles. The van der Waals surface area contributed by atoms with Gasteiger partial charge in [0.25, 0.3) is 17.2 Å². The number of para-hydroxylation sites is 2. The molecule has 0 bridgehead atoms. The van der Waals surface area contributed by atoms with Gasteiger partial charge in [-0.2, -0.15) is 5.10 Å². The van der Waals surface area contributed by atoms with Crippen LogP contribution in [0.2, 0.25) is 0 Å². The fourth-order valence-electron chi connectivity index (χ4n) is 2.71. The van der Waals surface area contributed by atoms with Crippen molar-refractivity contribution in [2.45, 2.75) is 0 Å². The largest absolute Gasteiger partial charge is 0.378 e. The van der Waals surface area contributed by atoms with Gasteiger partial charge in [-0.25, -0.2) is 4.68 Å². The lowest BCUT2D eigenvalue weighted by Crippen LogP contribution is -2.32. The minimum atomic E-state index is -0.471. The number of nitrogens with zero attached hydrogens (tertiary/aromatic N) is 3. The first kappa shape index (κ1) is 18.1.